The lowest BCUT2D eigenvalue weighted by Gasteiger charge is -2.14. The van der Waals surface area contributed by atoms with Crippen LogP contribution in [0.25, 0.3) is 10.9 Å². The molecule has 0 N–H and O–H groups in total. The van der Waals surface area contributed by atoms with E-state index in [1.807, 2.05) is 39.0 Å². The van der Waals surface area contributed by atoms with Crippen LogP contribution in [-0.2, 0) is 11.3 Å². The fraction of sp³-hybridized carbons (Fsp3) is 0.412. The van der Waals surface area contributed by atoms with Crippen LogP contribution in [0.1, 0.15) is 31.1 Å². The van der Waals surface area contributed by atoms with Crippen LogP contribution >= 0.6 is 0 Å². The van der Waals surface area contributed by atoms with E-state index in [4.69, 9.17) is 9.47 Å². The molecule has 2 rings (SSSR count). The number of rotatable bonds is 7. The largest absolute Gasteiger partial charge is 0.491 e. The highest BCUT2D eigenvalue weighted by molar-refractivity contribution is 5.87. The van der Waals surface area contributed by atoms with E-state index in [1.165, 1.54) is 0 Å². The van der Waals surface area contributed by atoms with Crippen molar-refractivity contribution in [3.63, 3.8) is 0 Å². The van der Waals surface area contributed by atoms with Crippen LogP contribution in [0.5, 0.6) is 5.75 Å². The molecular formula is C17H21NO4. The highest BCUT2D eigenvalue weighted by atomic mass is 16.5. The average Bonchev–Trinajstić information content (AvgIpc) is 2.49. The number of carbonyl (C=O) groups is 1. The molecule has 0 amide bonds. The Balaban J connectivity index is 2.55. The number of hydrogen-bond donors (Lipinski definition) is 0. The van der Waals surface area contributed by atoms with E-state index in [9.17, 15) is 9.59 Å². The van der Waals surface area contributed by atoms with Crippen LogP contribution < -0.4 is 10.3 Å². The Labute approximate surface area is 129 Å². The molecule has 1 aromatic heterocycles. The number of pyridine rings is 1. The molecule has 5 nitrogen and oxygen atoms in total. The molecule has 22 heavy (non-hydrogen) atoms. The molecule has 0 bridgehead atoms. The second kappa shape index (κ2) is 7.22. The van der Waals surface area contributed by atoms with Crippen molar-refractivity contribution in [3.05, 3.63) is 40.2 Å². The summed E-state index contributed by atoms with van der Waals surface area (Å²) in [5.41, 5.74) is 0.596. The summed E-state index contributed by atoms with van der Waals surface area (Å²) in [5, 5.41) is 0.828. The Morgan fingerprint density at radius 3 is 2.68 bits per heavy atom. The molecule has 5 heteroatoms. The van der Waals surface area contributed by atoms with Gasteiger partial charge in [-0.3, -0.25) is 9.59 Å². The maximum atomic E-state index is 12.4. The van der Waals surface area contributed by atoms with Gasteiger partial charge in [0.15, 0.2) is 6.29 Å². The lowest BCUT2D eigenvalue weighted by atomic mass is 10.1. The molecule has 0 fully saturated rings. The summed E-state index contributed by atoms with van der Waals surface area (Å²) < 4.78 is 12.6. The van der Waals surface area contributed by atoms with Crippen molar-refractivity contribution in [2.45, 2.75) is 33.4 Å². The second-order valence-corrected chi connectivity index (χ2v) is 5.26. The van der Waals surface area contributed by atoms with Gasteiger partial charge in [0.1, 0.15) is 5.75 Å². The molecule has 0 unspecified atom stereocenters. The van der Waals surface area contributed by atoms with Gasteiger partial charge in [0.25, 0.3) is 5.56 Å². The topological polar surface area (TPSA) is 57.5 Å². The molecule has 0 atom stereocenters. The zero-order valence-corrected chi connectivity index (χ0v) is 13.2. The van der Waals surface area contributed by atoms with E-state index >= 15 is 0 Å². The monoisotopic (exact) mass is 303 g/mol. The summed E-state index contributed by atoms with van der Waals surface area (Å²) >= 11 is 0. The zero-order chi connectivity index (χ0) is 16.1. The van der Waals surface area contributed by atoms with Gasteiger partial charge in [-0.25, -0.2) is 0 Å². The molecule has 1 aromatic carbocycles. The third-order valence-corrected chi connectivity index (χ3v) is 3.26. The molecule has 0 radical (unpaired) electrons. The Morgan fingerprint density at radius 2 is 2.05 bits per heavy atom. The number of ether oxygens (including phenoxy) is 2. The first-order valence-corrected chi connectivity index (χ1v) is 7.44. The standard InChI is InChI=1S/C17H21NO4/c1-4-21-8-7-18-16-10-15(22-12(2)3)6-5-13(16)9-14(11-19)17(18)20/h5-6,9-12H,4,7-8H2,1-3H3. The van der Waals surface area contributed by atoms with E-state index in [1.54, 1.807) is 10.6 Å². The van der Waals surface area contributed by atoms with Gasteiger partial charge in [0.05, 0.1) is 23.8 Å². The van der Waals surface area contributed by atoms with Gasteiger partial charge < -0.3 is 14.0 Å². The molecule has 0 spiro atoms. The van der Waals surface area contributed by atoms with Gasteiger partial charge in [-0.1, -0.05) is 0 Å². The minimum atomic E-state index is -0.302. The van der Waals surface area contributed by atoms with Crippen molar-refractivity contribution in [1.29, 1.82) is 0 Å². The third-order valence-electron chi connectivity index (χ3n) is 3.26. The SMILES string of the molecule is CCOCCn1c(=O)c(C=O)cc2ccc(OC(C)C)cc21. The van der Waals surface area contributed by atoms with Crippen molar-refractivity contribution in [2.24, 2.45) is 0 Å². The zero-order valence-electron chi connectivity index (χ0n) is 13.2. The van der Waals surface area contributed by atoms with Gasteiger partial charge in [-0.05, 0) is 44.4 Å². The Bertz CT molecular complexity index is 718. The molecular weight excluding hydrogens is 282 g/mol. The molecule has 0 aliphatic carbocycles. The lowest BCUT2D eigenvalue weighted by Crippen LogP contribution is -2.26. The van der Waals surface area contributed by atoms with E-state index in [0.29, 0.717) is 31.8 Å². The van der Waals surface area contributed by atoms with E-state index in [-0.39, 0.29) is 17.2 Å². The number of carbonyl (C=O) groups excluding carboxylic acids is 1. The summed E-state index contributed by atoms with van der Waals surface area (Å²) in [6, 6.07) is 7.14. The number of nitrogens with zero attached hydrogens (tertiary/aromatic N) is 1. The number of aromatic nitrogens is 1. The molecule has 0 aliphatic rings. The number of fused-ring (bicyclic) bond motifs is 1. The Kier molecular flexibility index (Phi) is 5.33. The Hall–Kier alpha value is -2.14. The van der Waals surface area contributed by atoms with Gasteiger partial charge in [0, 0.05) is 19.2 Å². The average molecular weight is 303 g/mol. The number of aldehydes is 1. The first-order chi connectivity index (χ1) is 10.6. The molecule has 0 saturated carbocycles. The van der Waals surface area contributed by atoms with E-state index in [0.717, 1.165) is 10.9 Å². The van der Waals surface area contributed by atoms with Crippen LogP contribution in [0.3, 0.4) is 0 Å². The maximum Gasteiger partial charge on any atom is 0.261 e. The van der Waals surface area contributed by atoms with Crippen LogP contribution in [0.2, 0.25) is 0 Å². The summed E-state index contributed by atoms with van der Waals surface area (Å²) in [6.07, 6.45) is 0.646. The summed E-state index contributed by atoms with van der Waals surface area (Å²) in [7, 11) is 0. The molecule has 118 valence electrons. The second-order valence-electron chi connectivity index (χ2n) is 5.26. The summed E-state index contributed by atoms with van der Waals surface area (Å²) in [6.45, 7) is 7.20. The first-order valence-electron chi connectivity index (χ1n) is 7.44. The van der Waals surface area contributed by atoms with Crippen LogP contribution in [0.4, 0.5) is 0 Å². The quantitative estimate of drug-likeness (QED) is 0.583. The smallest absolute Gasteiger partial charge is 0.261 e. The first kappa shape index (κ1) is 16.2. The van der Waals surface area contributed by atoms with Crippen molar-refractivity contribution in [2.75, 3.05) is 13.2 Å². The van der Waals surface area contributed by atoms with E-state index in [2.05, 4.69) is 0 Å². The van der Waals surface area contributed by atoms with Gasteiger partial charge in [-0.2, -0.15) is 0 Å². The molecule has 1 heterocycles. The summed E-state index contributed by atoms with van der Waals surface area (Å²) in [5.74, 6) is 0.700. The summed E-state index contributed by atoms with van der Waals surface area (Å²) in [4.78, 5) is 23.5. The fourth-order valence-electron chi connectivity index (χ4n) is 2.33. The third kappa shape index (κ3) is 3.54. The fourth-order valence-corrected chi connectivity index (χ4v) is 2.33. The van der Waals surface area contributed by atoms with Gasteiger partial charge >= 0.3 is 0 Å². The van der Waals surface area contributed by atoms with Crippen LogP contribution in [0, 0.1) is 0 Å². The normalized spacial score (nSPS) is 11.1. The molecule has 2 aromatic rings. The van der Waals surface area contributed by atoms with Crippen LogP contribution in [-0.4, -0.2) is 30.2 Å². The van der Waals surface area contributed by atoms with Gasteiger partial charge in [0.2, 0.25) is 0 Å². The lowest BCUT2D eigenvalue weighted by molar-refractivity contribution is 0.112. The number of hydrogen-bond acceptors (Lipinski definition) is 4. The van der Waals surface area contributed by atoms with Crippen molar-refractivity contribution < 1.29 is 14.3 Å². The molecule has 0 aliphatic heterocycles. The Morgan fingerprint density at radius 1 is 1.27 bits per heavy atom. The highest BCUT2D eigenvalue weighted by Gasteiger charge is 2.10. The van der Waals surface area contributed by atoms with Crippen molar-refractivity contribution in [1.82, 2.24) is 4.57 Å². The minimum absolute atomic E-state index is 0.0512. The maximum absolute atomic E-state index is 12.4. The highest BCUT2D eigenvalue weighted by Crippen LogP contribution is 2.21. The van der Waals surface area contributed by atoms with Crippen molar-refractivity contribution >= 4 is 17.2 Å². The molecule has 0 saturated heterocycles. The predicted octanol–water partition coefficient (Wildman–Crippen LogP) is 2.64. The van der Waals surface area contributed by atoms with Crippen LogP contribution in [0.15, 0.2) is 29.1 Å². The number of benzene rings is 1. The van der Waals surface area contributed by atoms with E-state index < -0.39 is 0 Å². The van der Waals surface area contributed by atoms with Gasteiger partial charge in [-0.15, -0.1) is 0 Å². The van der Waals surface area contributed by atoms with Crippen molar-refractivity contribution in [3.8, 4) is 5.75 Å². The minimum Gasteiger partial charge on any atom is -0.491 e. The predicted molar refractivity (Wildman–Crippen MR) is 85.9 cm³/mol.